The molecule has 2 rings (SSSR count). The predicted octanol–water partition coefficient (Wildman–Crippen LogP) is 3.71. The van der Waals surface area contributed by atoms with Crippen molar-refractivity contribution in [1.29, 1.82) is 0 Å². The highest BCUT2D eigenvalue weighted by Gasteiger charge is 2.23. The van der Waals surface area contributed by atoms with Gasteiger partial charge in [-0.15, -0.1) is 0 Å². The summed E-state index contributed by atoms with van der Waals surface area (Å²) in [7, 11) is 2.46. The Morgan fingerprint density at radius 1 is 1.04 bits per heavy atom. The summed E-state index contributed by atoms with van der Waals surface area (Å²) in [5.74, 6) is -1.41. The minimum absolute atomic E-state index is 0.0936. The fraction of sp³-hybridized carbons (Fsp3) is 0.250. The molecule has 0 heterocycles. The van der Waals surface area contributed by atoms with Crippen LogP contribution < -0.4 is 10.1 Å². The summed E-state index contributed by atoms with van der Waals surface area (Å²) in [6.07, 6.45) is -0.520. The quantitative estimate of drug-likeness (QED) is 0.706. The second-order valence-electron chi connectivity index (χ2n) is 5.68. The predicted molar refractivity (Wildman–Crippen MR) is 104 cm³/mol. The molecule has 8 heteroatoms. The highest BCUT2D eigenvalue weighted by molar-refractivity contribution is 6.32. The largest absolute Gasteiger partial charge is 0.479 e. The monoisotopic (exact) mass is 405 g/mol. The number of halogens is 1. The number of methoxy groups -OCH3 is 2. The van der Waals surface area contributed by atoms with E-state index in [1.54, 1.807) is 31.2 Å². The lowest BCUT2D eigenvalue weighted by molar-refractivity contribution is -0.122. The number of hydrogen-bond acceptors (Lipinski definition) is 6. The van der Waals surface area contributed by atoms with E-state index in [1.165, 1.54) is 32.4 Å². The van der Waals surface area contributed by atoms with Crippen LogP contribution in [0.15, 0.2) is 42.5 Å². The van der Waals surface area contributed by atoms with Gasteiger partial charge >= 0.3 is 11.9 Å². The highest BCUT2D eigenvalue weighted by Crippen LogP contribution is 2.26. The number of hydrogen-bond donors (Lipinski definition) is 1. The average molecular weight is 406 g/mol. The van der Waals surface area contributed by atoms with Crippen LogP contribution in [0.3, 0.4) is 0 Å². The maximum absolute atomic E-state index is 12.7. The first-order valence-corrected chi connectivity index (χ1v) is 8.81. The van der Waals surface area contributed by atoms with Crippen LogP contribution in [-0.4, -0.2) is 38.2 Å². The number of benzene rings is 2. The SMILES string of the molecule is CC[C@H](Oc1ccccc1Cl)C(=O)Nc1cc(C(=O)OC)ccc1C(=O)OC. The van der Waals surface area contributed by atoms with Gasteiger partial charge in [-0.1, -0.05) is 30.7 Å². The molecule has 148 valence electrons. The van der Waals surface area contributed by atoms with Crippen molar-refractivity contribution in [3.8, 4) is 5.75 Å². The molecule has 2 aromatic carbocycles. The standard InChI is InChI=1S/C20H20ClNO6/c1-4-16(28-17-8-6-5-7-14(17)21)18(23)22-15-11-12(19(24)26-2)9-10-13(15)20(25)27-3/h5-11,16H,4H2,1-3H3,(H,22,23)/t16-/m0/s1. The minimum atomic E-state index is -0.868. The molecule has 28 heavy (non-hydrogen) atoms. The zero-order chi connectivity index (χ0) is 20.7. The van der Waals surface area contributed by atoms with Gasteiger partial charge in [-0.3, -0.25) is 4.79 Å². The fourth-order valence-electron chi connectivity index (χ4n) is 2.41. The van der Waals surface area contributed by atoms with Gasteiger partial charge in [-0.05, 0) is 36.8 Å². The van der Waals surface area contributed by atoms with Crippen LogP contribution >= 0.6 is 11.6 Å². The molecule has 0 aliphatic carbocycles. The molecular weight excluding hydrogens is 386 g/mol. The van der Waals surface area contributed by atoms with Gasteiger partial charge in [0.1, 0.15) is 5.75 Å². The van der Waals surface area contributed by atoms with Gasteiger partial charge in [-0.25, -0.2) is 9.59 Å². The van der Waals surface area contributed by atoms with Crippen LogP contribution in [0.25, 0.3) is 0 Å². The van der Waals surface area contributed by atoms with E-state index in [1.807, 2.05) is 0 Å². The average Bonchev–Trinajstić information content (AvgIpc) is 2.71. The van der Waals surface area contributed by atoms with Crippen LogP contribution in [-0.2, 0) is 14.3 Å². The van der Waals surface area contributed by atoms with Gasteiger partial charge in [0.15, 0.2) is 6.10 Å². The third kappa shape index (κ3) is 5.01. The molecule has 1 atom stereocenters. The molecule has 0 bridgehead atoms. The third-order valence-corrected chi connectivity index (χ3v) is 4.19. The summed E-state index contributed by atoms with van der Waals surface area (Å²) in [6, 6.07) is 10.9. The van der Waals surface area contributed by atoms with E-state index in [4.69, 9.17) is 21.1 Å². The van der Waals surface area contributed by atoms with Gasteiger partial charge in [0, 0.05) is 0 Å². The van der Waals surface area contributed by atoms with Crippen molar-refractivity contribution < 1.29 is 28.6 Å². The number of carbonyl (C=O) groups is 3. The zero-order valence-electron chi connectivity index (χ0n) is 15.7. The van der Waals surface area contributed by atoms with Crippen molar-refractivity contribution in [2.75, 3.05) is 19.5 Å². The van der Waals surface area contributed by atoms with Gasteiger partial charge in [-0.2, -0.15) is 0 Å². The van der Waals surface area contributed by atoms with E-state index in [9.17, 15) is 14.4 Å². The fourth-order valence-corrected chi connectivity index (χ4v) is 2.59. The molecule has 0 aromatic heterocycles. The summed E-state index contributed by atoms with van der Waals surface area (Å²) < 4.78 is 15.1. The Kier molecular flexibility index (Phi) is 7.40. The molecule has 0 radical (unpaired) electrons. The molecule has 0 spiro atoms. The summed E-state index contributed by atoms with van der Waals surface area (Å²) in [5, 5.41) is 2.99. The van der Waals surface area contributed by atoms with Crippen LogP contribution in [0.1, 0.15) is 34.1 Å². The van der Waals surface area contributed by atoms with Gasteiger partial charge in [0.05, 0.1) is 36.1 Å². The van der Waals surface area contributed by atoms with Crippen LogP contribution in [0.2, 0.25) is 5.02 Å². The first-order chi connectivity index (χ1) is 13.4. The minimum Gasteiger partial charge on any atom is -0.479 e. The first kappa shape index (κ1) is 21.2. The molecule has 1 N–H and O–H groups in total. The summed E-state index contributed by atoms with van der Waals surface area (Å²) in [5.41, 5.74) is 0.377. The molecular formula is C20H20ClNO6. The van der Waals surface area contributed by atoms with E-state index < -0.39 is 23.9 Å². The molecule has 2 aromatic rings. The normalized spacial score (nSPS) is 11.3. The number of anilines is 1. The molecule has 0 saturated heterocycles. The molecule has 0 unspecified atom stereocenters. The van der Waals surface area contributed by atoms with Crippen molar-refractivity contribution >= 4 is 35.1 Å². The maximum Gasteiger partial charge on any atom is 0.339 e. The maximum atomic E-state index is 12.7. The highest BCUT2D eigenvalue weighted by atomic mass is 35.5. The number of rotatable bonds is 7. The van der Waals surface area contributed by atoms with Gasteiger partial charge < -0.3 is 19.5 Å². The van der Waals surface area contributed by atoms with E-state index >= 15 is 0 Å². The number of ether oxygens (including phenoxy) is 3. The number of para-hydroxylation sites is 1. The van der Waals surface area contributed by atoms with Crippen LogP contribution in [0, 0.1) is 0 Å². The number of esters is 2. The van der Waals surface area contributed by atoms with Crippen molar-refractivity contribution in [1.82, 2.24) is 0 Å². The summed E-state index contributed by atoms with van der Waals surface area (Å²) in [6.45, 7) is 1.77. The number of carbonyl (C=O) groups excluding carboxylic acids is 3. The topological polar surface area (TPSA) is 90.9 Å². The second kappa shape index (κ2) is 9.75. The Labute approximate surface area is 167 Å². The lowest BCUT2D eigenvalue weighted by atomic mass is 10.1. The number of nitrogens with one attached hydrogen (secondary N) is 1. The Hall–Kier alpha value is -3.06. The molecule has 1 amide bonds. The van der Waals surface area contributed by atoms with Crippen molar-refractivity contribution in [2.45, 2.75) is 19.4 Å². The Morgan fingerprint density at radius 2 is 1.71 bits per heavy atom. The number of amides is 1. The summed E-state index contributed by atoms with van der Waals surface area (Å²) >= 11 is 6.08. The smallest absolute Gasteiger partial charge is 0.339 e. The molecule has 0 fully saturated rings. The molecule has 0 aliphatic heterocycles. The third-order valence-electron chi connectivity index (χ3n) is 3.87. The van der Waals surface area contributed by atoms with Crippen molar-refractivity contribution in [2.24, 2.45) is 0 Å². The Bertz CT molecular complexity index is 883. The first-order valence-electron chi connectivity index (χ1n) is 8.44. The van der Waals surface area contributed by atoms with Crippen LogP contribution in [0.5, 0.6) is 5.75 Å². The Morgan fingerprint density at radius 3 is 2.32 bits per heavy atom. The summed E-state index contributed by atoms with van der Waals surface area (Å²) in [4.78, 5) is 36.5. The van der Waals surface area contributed by atoms with E-state index in [-0.39, 0.29) is 16.8 Å². The van der Waals surface area contributed by atoms with Crippen LogP contribution in [0.4, 0.5) is 5.69 Å². The molecule has 0 saturated carbocycles. The zero-order valence-corrected chi connectivity index (χ0v) is 16.4. The van der Waals surface area contributed by atoms with E-state index in [2.05, 4.69) is 10.1 Å². The van der Waals surface area contributed by atoms with E-state index in [0.717, 1.165) is 0 Å². The molecule has 0 aliphatic rings. The lowest BCUT2D eigenvalue weighted by Gasteiger charge is -2.19. The van der Waals surface area contributed by atoms with Crippen molar-refractivity contribution in [3.05, 3.63) is 58.6 Å². The van der Waals surface area contributed by atoms with Gasteiger partial charge in [0.2, 0.25) is 0 Å². The van der Waals surface area contributed by atoms with Gasteiger partial charge in [0.25, 0.3) is 5.91 Å². The van der Waals surface area contributed by atoms with E-state index in [0.29, 0.717) is 17.2 Å². The Balaban J connectivity index is 2.30. The lowest BCUT2D eigenvalue weighted by Crippen LogP contribution is -2.33. The second-order valence-corrected chi connectivity index (χ2v) is 6.09. The molecule has 7 nitrogen and oxygen atoms in total. The van der Waals surface area contributed by atoms with Crippen molar-refractivity contribution in [3.63, 3.8) is 0 Å².